The Bertz CT molecular complexity index is 3540. The van der Waals surface area contributed by atoms with Gasteiger partial charge < -0.3 is 9.32 Å². The van der Waals surface area contributed by atoms with Crippen LogP contribution in [0.3, 0.4) is 0 Å². The van der Waals surface area contributed by atoms with Crippen LogP contribution in [0, 0.1) is 0 Å². The Balaban J connectivity index is 1.09. The first-order valence-electron chi connectivity index (χ1n) is 21.8. The second-order valence-electron chi connectivity index (χ2n) is 17.2. The van der Waals surface area contributed by atoms with Gasteiger partial charge in [0, 0.05) is 38.6 Å². The van der Waals surface area contributed by atoms with Gasteiger partial charge >= 0.3 is 0 Å². The molecule has 10 aromatic carbocycles. The number of hydrogen-bond donors (Lipinski definition) is 0. The minimum atomic E-state index is -0.127. The summed E-state index contributed by atoms with van der Waals surface area (Å²) in [5.74, 6) is 0. The van der Waals surface area contributed by atoms with Gasteiger partial charge in [0.1, 0.15) is 11.2 Å². The van der Waals surface area contributed by atoms with Gasteiger partial charge in [-0.1, -0.05) is 202 Å². The van der Waals surface area contributed by atoms with Crippen molar-refractivity contribution < 1.29 is 4.42 Å². The molecule has 0 saturated carbocycles. The smallest absolute Gasteiger partial charge is 0.143 e. The zero-order valence-electron chi connectivity index (χ0n) is 35.2. The van der Waals surface area contributed by atoms with Crippen LogP contribution in [0.5, 0.6) is 0 Å². The molecule has 298 valence electrons. The van der Waals surface area contributed by atoms with Crippen molar-refractivity contribution >= 4 is 49.8 Å². The highest BCUT2D eigenvalue weighted by atomic mass is 16.3. The van der Waals surface area contributed by atoms with E-state index < -0.39 is 0 Å². The molecular formula is C61H43NO. The highest BCUT2D eigenvalue weighted by Gasteiger charge is 2.37. The molecule has 0 spiro atoms. The van der Waals surface area contributed by atoms with Gasteiger partial charge in [0.2, 0.25) is 0 Å². The summed E-state index contributed by atoms with van der Waals surface area (Å²) in [5.41, 5.74) is 19.5. The van der Waals surface area contributed by atoms with Gasteiger partial charge in [0.15, 0.2) is 0 Å². The molecule has 1 aliphatic carbocycles. The summed E-state index contributed by atoms with van der Waals surface area (Å²) in [7, 11) is 0. The van der Waals surface area contributed by atoms with Crippen molar-refractivity contribution in [2.75, 3.05) is 4.90 Å². The molecule has 12 rings (SSSR count). The lowest BCUT2D eigenvalue weighted by atomic mass is 9.79. The highest BCUT2D eigenvalue weighted by Crippen LogP contribution is 2.53. The maximum Gasteiger partial charge on any atom is 0.143 e. The molecule has 2 nitrogen and oxygen atoms in total. The molecule has 63 heavy (non-hydrogen) atoms. The molecule has 2 heteroatoms. The van der Waals surface area contributed by atoms with Crippen LogP contribution in [0.25, 0.3) is 88.3 Å². The Morgan fingerprint density at radius 3 is 1.84 bits per heavy atom. The second-order valence-corrected chi connectivity index (χ2v) is 17.2. The number of fused-ring (bicyclic) bond motifs is 7. The summed E-state index contributed by atoms with van der Waals surface area (Å²) < 4.78 is 6.71. The third-order valence-electron chi connectivity index (χ3n) is 13.3. The number of rotatable bonds is 7. The largest absolute Gasteiger partial charge is 0.455 e. The molecule has 0 bridgehead atoms. The van der Waals surface area contributed by atoms with E-state index in [0.29, 0.717) is 0 Å². The van der Waals surface area contributed by atoms with E-state index in [-0.39, 0.29) is 5.41 Å². The monoisotopic (exact) mass is 805 g/mol. The van der Waals surface area contributed by atoms with Gasteiger partial charge in [-0.15, -0.1) is 0 Å². The quantitative estimate of drug-likeness (QED) is 0.160. The molecule has 0 fully saturated rings. The summed E-state index contributed by atoms with van der Waals surface area (Å²) in [4.78, 5) is 2.46. The summed E-state index contributed by atoms with van der Waals surface area (Å²) >= 11 is 0. The van der Waals surface area contributed by atoms with Gasteiger partial charge in [-0.25, -0.2) is 0 Å². The number of benzene rings is 10. The maximum absolute atomic E-state index is 6.71. The van der Waals surface area contributed by atoms with Gasteiger partial charge in [-0.3, -0.25) is 0 Å². The maximum atomic E-state index is 6.71. The van der Waals surface area contributed by atoms with E-state index in [1.807, 2.05) is 6.07 Å². The molecule has 11 aromatic rings. The SMILES string of the molecule is CC1(C)c2ccccc2-c2cccc(-c3ccc(N(c4cc(-c5ccc6ccccc6c5)ccc4-c4ccccc4)c4ccccc4-c4cccc5c4oc4ccccc45)cc3)c21. The van der Waals surface area contributed by atoms with Crippen LogP contribution in [-0.2, 0) is 5.41 Å². The molecule has 1 aliphatic rings. The van der Waals surface area contributed by atoms with E-state index in [0.717, 1.165) is 66.8 Å². The van der Waals surface area contributed by atoms with Crippen molar-refractivity contribution in [3.63, 3.8) is 0 Å². The van der Waals surface area contributed by atoms with Crippen molar-refractivity contribution in [3.05, 3.63) is 236 Å². The highest BCUT2D eigenvalue weighted by molar-refractivity contribution is 6.11. The van der Waals surface area contributed by atoms with E-state index >= 15 is 0 Å². The third-order valence-corrected chi connectivity index (χ3v) is 13.3. The summed E-state index contributed by atoms with van der Waals surface area (Å²) in [6.45, 7) is 4.73. The number of anilines is 3. The number of hydrogen-bond acceptors (Lipinski definition) is 2. The second kappa shape index (κ2) is 14.6. The van der Waals surface area contributed by atoms with Crippen molar-refractivity contribution in [1.29, 1.82) is 0 Å². The Morgan fingerprint density at radius 1 is 0.365 bits per heavy atom. The molecule has 0 atom stereocenters. The predicted octanol–water partition coefficient (Wildman–Crippen LogP) is 17.2. The zero-order chi connectivity index (χ0) is 42.1. The van der Waals surface area contributed by atoms with Crippen LogP contribution >= 0.6 is 0 Å². The Kier molecular flexibility index (Phi) is 8.55. The van der Waals surface area contributed by atoms with Gasteiger partial charge in [-0.2, -0.15) is 0 Å². The molecule has 0 N–H and O–H groups in total. The first-order valence-corrected chi connectivity index (χ1v) is 21.8. The molecule has 1 heterocycles. The van der Waals surface area contributed by atoms with Gasteiger partial charge in [0.05, 0.1) is 11.4 Å². The van der Waals surface area contributed by atoms with Gasteiger partial charge in [-0.05, 0) is 97.2 Å². The average Bonchev–Trinajstić information content (AvgIpc) is 3.84. The first-order chi connectivity index (χ1) is 31.0. The molecule has 0 saturated heterocycles. The zero-order valence-corrected chi connectivity index (χ0v) is 35.2. The van der Waals surface area contributed by atoms with E-state index in [1.165, 1.54) is 49.7 Å². The van der Waals surface area contributed by atoms with Crippen LogP contribution in [0.1, 0.15) is 25.0 Å². The Hall–Kier alpha value is -7.94. The normalized spacial score (nSPS) is 12.7. The fraction of sp³-hybridized carbons (Fsp3) is 0.0492. The van der Waals surface area contributed by atoms with Crippen molar-refractivity contribution in [3.8, 4) is 55.6 Å². The number of furan rings is 1. The Labute approximate surface area is 368 Å². The Morgan fingerprint density at radius 2 is 0.968 bits per heavy atom. The lowest BCUT2D eigenvalue weighted by Gasteiger charge is -2.31. The standard InChI is InChI=1S/C61H43NO/c1-61(2)55-27-11-8-20-49(55)52-24-14-23-48(59(52)61)42-32-35-46(36-33-42)62(56-28-12-9-21-50(56)53-25-15-26-54-51-22-10-13-29-58(51)63-60(53)54)57-39-45(34-37-47(57)41-17-4-3-5-18-41)44-31-30-40-16-6-7-19-43(40)38-44/h3-39H,1-2H3. The van der Waals surface area contributed by atoms with E-state index in [9.17, 15) is 0 Å². The van der Waals surface area contributed by atoms with E-state index in [1.54, 1.807) is 0 Å². The minimum absolute atomic E-state index is 0.127. The summed E-state index contributed by atoms with van der Waals surface area (Å²) in [5, 5.41) is 4.68. The predicted molar refractivity (Wildman–Crippen MR) is 265 cm³/mol. The van der Waals surface area contributed by atoms with Crippen LogP contribution in [-0.4, -0.2) is 0 Å². The summed E-state index contributed by atoms with van der Waals surface area (Å²) in [6.07, 6.45) is 0. The van der Waals surface area contributed by atoms with Crippen LogP contribution in [0.4, 0.5) is 17.1 Å². The molecule has 0 radical (unpaired) electrons. The van der Waals surface area contributed by atoms with Crippen LogP contribution in [0.15, 0.2) is 229 Å². The molecular weight excluding hydrogens is 763 g/mol. The molecule has 0 unspecified atom stereocenters. The van der Waals surface area contributed by atoms with E-state index in [4.69, 9.17) is 4.42 Å². The lowest BCUT2D eigenvalue weighted by Crippen LogP contribution is -2.16. The fourth-order valence-electron chi connectivity index (χ4n) is 10.3. The van der Waals surface area contributed by atoms with Crippen LogP contribution < -0.4 is 4.90 Å². The van der Waals surface area contributed by atoms with Crippen molar-refractivity contribution in [1.82, 2.24) is 0 Å². The van der Waals surface area contributed by atoms with Crippen molar-refractivity contribution in [2.24, 2.45) is 0 Å². The average molecular weight is 806 g/mol. The van der Waals surface area contributed by atoms with E-state index in [2.05, 4.69) is 237 Å². The fourth-order valence-corrected chi connectivity index (χ4v) is 10.3. The first kappa shape index (κ1) is 36.9. The topological polar surface area (TPSA) is 16.4 Å². The molecule has 0 aliphatic heterocycles. The number of nitrogens with zero attached hydrogens (tertiary/aromatic N) is 1. The third kappa shape index (κ3) is 6.02. The minimum Gasteiger partial charge on any atom is -0.455 e. The van der Waals surface area contributed by atoms with Crippen LogP contribution in [0.2, 0.25) is 0 Å². The molecule has 1 aromatic heterocycles. The van der Waals surface area contributed by atoms with Gasteiger partial charge in [0.25, 0.3) is 0 Å². The lowest BCUT2D eigenvalue weighted by molar-refractivity contribution is 0.662. The van der Waals surface area contributed by atoms with Crippen molar-refractivity contribution in [2.45, 2.75) is 19.3 Å². The summed E-state index contributed by atoms with van der Waals surface area (Å²) in [6, 6.07) is 81.7. The number of para-hydroxylation sites is 3. The molecule has 0 amide bonds.